The molecule has 2 heterocycles. The number of pyridine rings is 1. The number of aryl methyl sites for hydroxylation is 2. The maximum atomic E-state index is 15.5. The Bertz CT molecular complexity index is 1850. The number of nitrogens with one attached hydrogen (secondary N) is 2. The lowest BCUT2D eigenvalue weighted by Crippen LogP contribution is -2.30. The first-order valence-electron chi connectivity index (χ1n) is 12.2. The molecule has 0 saturated heterocycles. The van der Waals surface area contributed by atoms with Crippen molar-refractivity contribution in [2.75, 3.05) is 10.0 Å². The largest absolute Gasteiger partial charge is 0.350 e. The number of anilines is 3. The molecule has 0 unspecified atom stereocenters. The number of benzene rings is 2. The Morgan fingerprint density at radius 3 is 2.51 bits per heavy atom. The minimum Gasteiger partial charge on any atom is -0.350 e. The lowest BCUT2D eigenvalue weighted by Gasteiger charge is -2.18. The summed E-state index contributed by atoms with van der Waals surface area (Å²) in [5.74, 6) is -1.93. The van der Waals surface area contributed by atoms with E-state index >= 15 is 4.39 Å². The minimum absolute atomic E-state index is 0.0226. The summed E-state index contributed by atoms with van der Waals surface area (Å²) < 4.78 is 60.6. The highest BCUT2D eigenvalue weighted by Gasteiger charge is 2.35. The molecule has 1 fully saturated rings. The Morgan fingerprint density at radius 1 is 1.10 bits per heavy atom. The predicted octanol–water partition coefficient (Wildman–Crippen LogP) is 4.70. The maximum Gasteiger partial charge on any atom is 0.289 e. The molecule has 4 aromatic rings. The number of aromatic nitrogens is 3. The van der Waals surface area contributed by atoms with Crippen LogP contribution in [0.5, 0.6) is 0 Å². The molecule has 0 atom stereocenters. The SMILES string of the molecule is CCCn1nc(-c2cccc(NS(=O)(=O)C3CC3)c2)c2c(c(Nc3ccc(I)cc3F)c(F)c(=O)n2C)c1=O. The van der Waals surface area contributed by atoms with Crippen LogP contribution in [0.2, 0.25) is 0 Å². The molecular formula is C26H24F2IN5O4S. The first-order valence-corrected chi connectivity index (χ1v) is 14.8. The van der Waals surface area contributed by atoms with Gasteiger partial charge in [-0.05, 0) is 72.2 Å². The van der Waals surface area contributed by atoms with Gasteiger partial charge in [-0.15, -0.1) is 0 Å². The van der Waals surface area contributed by atoms with Crippen molar-refractivity contribution >= 4 is 60.6 Å². The Balaban J connectivity index is 1.78. The highest BCUT2D eigenvalue weighted by molar-refractivity contribution is 14.1. The molecule has 0 radical (unpaired) electrons. The van der Waals surface area contributed by atoms with Crippen molar-refractivity contribution in [3.05, 3.63) is 78.4 Å². The van der Waals surface area contributed by atoms with Gasteiger partial charge in [0.15, 0.2) is 0 Å². The zero-order chi connectivity index (χ0) is 28.1. The normalized spacial score (nSPS) is 13.6. The summed E-state index contributed by atoms with van der Waals surface area (Å²) >= 11 is 1.93. The number of sulfonamides is 1. The smallest absolute Gasteiger partial charge is 0.289 e. The second kappa shape index (κ2) is 10.3. The van der Waals surface area contributed by atoms with Gasteiger partial charge >= 0.3 is 0 Å². The number of halogens is 3. The molecule has 5 rings (SSSR count). The van der Waals surface area contributed by atoms with Crippen molar-refractivity contribution in [1.29, 1.82) is 0 Å². The van der Waals surface area contributed by atoms with E-state index < -0.39 is 43.7 Å². The molecule has 0 aliphatic heterocycles. The summed E-state index contributed by atoms with van der Waals surface area (Å²) in [6.45, 7) is 2.03. The summed E-state index contributed by atoms with van der Waals surface area (Å²) in [5.41, 5.74) is -1.41. The fraction of sp³-hybridized carbons (Fsp3) is 0.269. The fourth-order valence-electron chi connectivity index (χ4n) is 4.34. The van der Waals surface area contributed by atoms with E-state index in [1.54, 1.807) is 30.3 Å². The van der Waals surface area contributed by atoms with Crippen LogP contribution in [0.25, 0.3) is 22.2 Å². The standard InChI is InChI=1S/C26H24F2IN5O4S/c1-3-11-34-25(35)20-23(30-19-10-7-15(29)13-18(19)27)21(28)26(36)33(2)24(20)22(31-34)14-5-4-6-16(12-14)32-39(37,38)17-8-9-17/h4-7,10,12-13,17,30,32H,3,8-9,11H2,1-2H3. The third kappa shape index (κ3) is 5.16. The summed E-state index contributed by atoms with van der Waals surface area (Å²) in [6.07, 6.45) is 1.71. The molecule has 0 spiro atoms. The van der Waals surface area contributed by atoms with Crippen LogP contribution in [0, 0.1) is 15.2 Å². The molecule has 13 heteroatoms. The van der Waals surface area contributed by atoms with Gasteiger partial charge < -0.3 is 9.88 Å². The van der Waals surface area contributed by atoms with Gasteiger partial charge in [0.1, 0.15) is 11.5 Å². The van der Waals surface area contributed by atoms with Crippen LogP contribution in [0.3, 0.4) is 0 Å². The van der Waals surface area contributed by atoms with Crippen LogP contribution in [-0.2, 0) is 23.6 Å². The van der Waals surface area contributed by atoms with Crippen molar-refractivity contribution in [3.63, 3.8) is 0 Å². The van der Waals surface area contributed by atoms with Crippen molar-refractivity contribution in [3.8, 4) is 11.3 Å². The Morgan fingerprint density at radius 2 is 1.85 bits per heavy atom. The number of fused-ring (bicyclic) bond motifs is 1. The maximum absolute atomic E-state index is 15.5. The second-order valence-electron chi connectivity index (χ2n) is 9.33. The quantitative estimate of drug-likeness (QED) is 0.264. The number of hydrogen-bond acceptors (Lipinski definition) is 6. The number of rotatable bonds is 8. The van der Waals surface area contributed by atoms with Gasteiger partial charge in [-0.3, -0.25) is 14.3 Å². The van der Waals surface area contributed by atoms with E-state index in [0.717, 1.165) is 9.25 Å². The zero-order valence-electron chi connectivity index (χ0n) is 21.0. The first-order chi connectivity index (χ1) is 18.5. The van der Waals surface area contributed by atoms with Gasteiger partial charge in [-0.2, -0.15) is 9.49 Å². The third-order valence-corrected chi connectivity index (χ3v) is 8.95. The van der Waals surface area contributed by atoms with E-state index in [9.17, 15) is 22.4 Å². The molecule has 1 aliphatic rings. The van der Waals surface area contributed by atoms with Gasteiger partial charge in [0.2, 0.25) is 15.8 Å². The molecule has 1 saturated carbocycles. The van der Waals surface area contributed by atoms with Crippen molar-refractivity contribution < 1.29 is 17.2 Å². The minimum atomic E-state index is -3.55. The van der Waals surface area contributed by atoms with Gasteiger partial charge in [0, 0.05) is 28.4 Å². The topological polar surface area (TPSA) is 115 Å². The highest BCUT2D eigenvalue weighted by atomic mass is 127. The van der Waals surface area contributed by atoms with Gasteiger partial charge in [-0.1, -0.05) is 19.1 Å². The van der Waals surface area contributed by atoms with Crippen LogP contribution in [-0.4, -0.2) is 28.0 Å². The summed E-state index contributed by atoms with van der Waals surface area (Å²) in [7, 11) is -2.23. The van der Waals surface area contributed by atoms with E-state index in [0.29, 0.717) is 28.4 Å². The molecule has 2 aromatic carbocycles. The van der Waals surface area contributed by atoms with E-state index in [-0.39, 0.29) is 34.5 Å². The molecule has 0 bridgehead atoms. The van der Waals surface area contributed by atoms with Crippen molar-refractivity contribution in [2.24, 2.45) is 7.05 Å². The first kappa shape index (κ1) is 27.2. The van der Waals surface area contributed by atoms with E-state index in [1.807, 2.05) is 29.5 Å². The van der Waals surface area contributed by atoms with Crippen LogP contribution < -0.4 is 21.2 Å². The van der Waals surface area contributed by atoms with Crippen LogP contribution in [0.1, 0.15) is 26.2 Å². The van der Waals surface area contributed by atoms with E-state index in [4.69, 9.17) is 0 Å². The Hall–Kier alpha value is -3.33. The van der Waals surface area contributed by atoms with Gasteiger partial charge in [0.25, 0.3) is 11.1 Å². The molecule has 204 valence electrons. The third-order valence-electron chi connectivity index (χ3n) is 6.41. The Kier molecular flexibility index (Phi) is 7.22. The van der Waals surface area contributed by atoms with Crippen molar-refractivity contribution in [2.45, 2.75) is 38.0 Å². The van der Waals surface area contributed by atoms with Crippen LogP contribution in [0.4, 0.5) is 25.8 Å². The average Bonchev–Trinajstić information content (AvgIpc) is 3.74. The molecule has 1 aliphatic carbocycles. The molecule has 9 nitrogen and oxygen atoms in total. The summed E-state index contributed by atoms with van der Waals surface area (Å²) in [6, 6.07) is 10.6. The van der Waals surface area contributed by atoms with Crippen LogP contribution in [0.15, 0.2) is 52.1 Å². The molecule has 0 amide bonds. The van der Waals surface area contributed by atoms with Crippen molar-refractivity contribution in [1.82, 2.24) is 14.3 Å². The average molecular weight is 667 g/mol. The van der Waals surface area contributed by atoms with Crippen LogP contribution >= 0.6 is 22.6 Å². The molecule has 2 N–H and O–H groups in total. The van der Waals surface area contributed by atoms with Gasteiger partial charge in [0.05, 0.1) is 27.5 Å². The lowest BCUT2D eigenvalue weighted by molar-refractivity contribution is 0.571. The number of nitrogens with zero attached hydrogens (tertiary/aromatic N) is 3. The predicted molar refractivity (Wildman–Crippen MR) is 155 cm³/mol. The Labute approximate surface area is 236 Å². The summed E-state index contributed by atoms with van der Waals surface area (Å²) in [4.78, 5) is 26.6. The zero-order valence-corrected chi connectivity index (χ0v) is 23.9. The second-order valence-corrected chi connectivity index (χ2v) is 12.5. The fourth-order valence-corrected chi connectivity index (χ4v) is 6.17. The number of hydrogen-bond donors (Lipinski definition) is 2. The monoisotopic (exact) mass is 667 g/mol. The lowest BCUT2D eigenvalue weighted by atomic mass is 10.1. The molecule has 39 heavy (non-hydrogen) atoms. The molecule has 2 aromatic heterocycles. The van der Waals surface area contributed by atoms with Gasteiger partial charge in [-0.25, -0.2) is 17.5 Å². The summed E-state index contributed by atoms with van der Waals surface area (Å²) in [5, 5.41) is 6.50. The molecular weight excluding hydrogens is 643 g/mol. The highest BCUT2D eigenvalue weighted by Crippen LogP contribution is 2.34. The van der Waals surface area contributed by atoms with E-state index in [2.05, 4.69) is 15.1 Å². The van der Waals surface area contributed by atoms with E-state index in [1.165, 1.54) is 19.2 Å².